The summed E-state index contributed by atoms with van der Waals surface area (Å²) in [6.45, 7) is -1.71. The summed E-state index contributed by atoms with van der Waals surface area (Å²) < 4.78 is 14.0. The SMILES string of the molecule is O=C(CO[P+](=O)O)[C@H](O)[C@@H](O)[C@H](O)CO. The second kappa shape index (κ2) is 6.91. The van der Waals surface area contributed by atoms with E-state index in [1.165, 1.54) is 0 Å². The first-order chi connectivity index (χ1) is 6.90. The summed E-state index contributed by atoms with van der Waals surface area (Å²) in [6.07, 6.45) is -5.53. The molecule has 1 unspecified atom stereocenters. The van der Waals surface area contributed by atoms with Crippen LogP contribution in [0.3, 0.4) is 0 Å². The van der Waals surface area contributed by atoms with Gasteiger partial charge in [-0.3, -0.25) is 4.79 Å². The van der Waals surface area contributed by atoms with Gasteiger partial charge in [-0.15, -0.1) is 9.42 Å². The highest BCUT2D eigenvalue weighted by Gasteiger charge is 2.31. The van der Waals surface area contributed by atoms with E-state index in [9.17, 15) is 9.36 Å². The molecule has 0 bridgehead atoms. The van der Waals surface area contributed by atoms with E-state index in [1.807, 2.05) is 0 Å². The van der Waals surface area contributed by atoms with E-state index in [-0.39, 0.29) is 0 Å². The van der Waals surface area contributed by atoms with Gasteiger partial charge in [-0.05, 0) is 0 Å². The van der Waals surface area contributed by atoms with Gasteiger partial charge >= 0.3 is 8.25 Å². The van der Waals surface area contributed by atoms with E-state index in [0.29, 0.717) is 0 Å². The predicted octanol–water partition coefficient (Wildman–Crippen LogP) is -2.70. The van der Waals surface area contributed by atoms with E-state index in [4.69, 9.17) is 25.3 Å². The molecule has 0 aliphatic carbocycles. The predicted molar refractivity (Wildman–Crippen MR) is 45.9 cm³/mol. The Labute approximate surface area is 85.7 Å². The van der Waals surface area contributed by atoms with E-state index >= 15 is 0 Å². The molecule has 0 amide bonds. The van der Waals surface area contributed by atoms with Gasteiger partial charge in [0.05, 0.1) is 6.61 Å². The van der Waals surface area contributed by atoms with Crippen LogP contribution in [-0.2, 0) is 13.9 Å². The Morgan fingerprint density at radius 2 is 1.87 bits per heavy atom. The summed E-state index contributed by atoms with van der Waals surface area (Å²) in [5, 5.41) is 35.4. The Kier molecular flexibility index (Phi) is 6.70. The molecule has 15 heavy (non-hydrogen) atoms. The summed E-state index contributed by atoms with van der Waals surface area (Å²) >= 11 is 0. The number of aliphatic hydroxyl groups excluding tert-OH is 4. The highest BCUT2D eigenvalue weighted by molar-refractivity contribution is 7.32. The zero-order chi connectivity index (χ0) is 12.0. The largest absolute Gasteiger partial charge is 0.695 e. The fourth-order valence-electron chi connectivity index (χ4n) is 0.713. The van der Waals surface area contributed by atoms with Gasteiger partial charge < -0.3 is 20.4 Å². The van der Waals surface area contributed by atoms with E-state index in [0.717, 1.165) is 0 Å². The van der Waals surface area contributed by atoms with Gasteiger partial charge in [-0.25, -0.2) is 0 Å². The fraction of sp³-hybridized carbons (Fsp3) is 0.833. The number of carbonyl (C=O) groups is 1. The lowest BCUT2D eigenvalue weighted by Gasteiger charge is -2.19. The minimum atomic E-state index is -2.97. The number of hydrogen-bond acceptors (Lipinski definition) is 7. The summed E-state index contributed by atoms with van der Waals surface area (Å²) in [4.78, 5) is 19.1. The molecule has 88 valence electrons. The Morgan fingerprint density at radius 1 is 1.33 bits per heavy atom. The molecule has 0 aliphatic rings. The van der Waals surface area contributed by atoms with Crippen LogP contribution in [0.5, 0.6) is 0 Å². The first-order valence-electron chi connectivity index (χ1n) is 3.87. The summed E-state index contributed by atoms with van der Waals surface area (Å²) in [7, 11) is -2.97. The highest BCUT2D eigenvalue weighted by Crippen LogP contribution is 2.14. The van der Waals surface area contributed by atoms with E-state index < -0.39 is 45.6 Å². The highest BCUT2D eigenvalue weighted by atomic mass is 31.1. The molecule has 8 nitrogen and oxygen atoms in total. The number of rotatable bonds is 7. The third kappa shape index (κ3) is 5.24. The van der Waals surface area contributed by atoms with Crippen molar-refractivity contribution in [2.24, 2.45) is 0 Å². The topological polar surface area (TPSA) is 145 Å². The van der Waals surface area contributed by atoms with Gasteiger partial charge in [-0.1, -0.05) is 0 Å². The van der Waals surface area contributed by atoms with Crippen LogP contribution in [0.2, 0.25) is 0 Å². The maximum absolute atomic E-state index is 10.9. The molecule has 0 spiro atoms. The van der Waals surface area contributed by atoms with Crippen LogP contribution < -0.4 is 0 Å². The van der Waals surface area contributed by atoms with Crippen LogP contribution in [0.1, 0.15) is 0 Å². The number of Topliss-reactive ketones (excluding diaryl/α,β-unsaturated/α-hetero) is 1. The molecular weight excluding hydrogens is 231 g/mol. The van der Waals surface area contributed by atoms with Crippen molar-refractivity contribution in [3.63, 3.8) is 0 Å². The fourth-order valence-corrected chi connectivity index (χ4v) is 0.951. The average molecular weight is 243 g/mol. The Hall–Kier alpha value is -0.470. The van der Waals surface area contributed by atoms with Crippen molar-refractivity contribution >= 4 is 14.0 Å². The normalized spacial score (nSPS) is 18.1. The molecule has 0 heterocycles. The van der Waals surface area contributed by atoms with Crippen LogP contribution in [0.15, 0.2) is 0 Å². The van der Waals surface area contributed by atoms with Crippen molar-refractivity contribution in [2.75, 3.05) is 13.2 Å². The smallest absolute Gasteiger partial charge is 0.394 e. The Morgan fingerprint density at radius 3 is 2.27 bits per heavy atom. The molecule has 5 N–H and O–H groups in total. The minimum Gasteiger partial charge on any atom is -0.394 e. The van der Waals surface area contributed by atoms with Crippen molar-refractivity contribution in [3.8, 4) is 0 Å². The monoisotopic (exact) mass is 243 g/mol. The molecule has 0 fully saturated rings. The van der Waals surface area contributed by atoms with Crippen LogP contribution >= 0.6 is 8.25 Å². The lowest BCUT2D eigenvalue weighted by molar-refractivity contribution is -0.142. The van der Waals surface area contributed by atoms with Crippen molar-refractivity contribution in [1.29, 1.82) is 0 Å². The van der Waals surface area contributed by atoms with Crippen LogP contribution in [0.25, 0.3) is 0 Å². The molecule has 4 atom stereocenters. The number of aliphatic hydroxyl groups is 4. The minimum absolute atomic E-state index is 0.833. The van der Waals surface area contributed by atoms with Crippen molar-refractivity contribution in [3.05, 3.63) is 0 Å². The number of carbonyl (C=O) groups excluding carboxylic acids is 1. The molecule has 0 aromatic heterocycles. The summed E-state index contributed by atoms with van der Waals surface area (Å²) in [5.74, 6) is -1.08. The Balaban J connectivity index is 4.13. The second-order valence-corrected chi connectivity index (χ2v) is 3.40. The molecule has 9 heteroatoms. The van der Waals surface area contributed by atoms with Gasteiger partial charge in [0.1, 0.15) is 18.3 Å². The lowest BCUT2D eigenvalue weighted by atomic mass is 10.1. The number of hydrogen-bond donors (Lipinski definition) is 5. The molecular formula is C6H12O8P+. The first kappa shape index (κ1) is 14.5. The zero-order valence-corrected chi connectivity index (χ0v) is 8.45. The molecule has 0 radical (unpaired) electrons. The van der Waals surface area contributed by atoms with Gasteiger partial charge in [0.15, 0.2) is 12.4 Å². The molecule has 0 saturated heterocycles. The van der Waals surface area contributed by atoms with E-state index in [2.05, 4.69) is 4.52 Å². The lowest BCUT2D eigenvalue weighted by Crippen LogP contribution is -2.44. The van der Waals surface area contributed by atoms with Gasteiger partial charge in [0.2, 0.25) is 0 Å². The van der Waals surface area contributed by atoms with Crippen molar-refractivity contribution in [1.82, 2.24) is 0 Å². The van der Waals surface area contributed by atoms with Crippen LogP contribution in [0, 0.1) is 0 Å². The molecule has 0 rings (SSSR count). The molecule has 0 aromatic rings. The summed E-state index contributed by atoms with van der Waals surface area (Å²) in [5.41, 5.74) is 0. The molecule has 0 saturated carbocycles. The quantitative estimate of drug-likeness (QED) is 0.304. The third-order valence-electron chi connectivity index (χ3n) is 1.55. The zero-order valence-electron chi connectivity index (χ0n) is 7.55. The Bertz CT molecular complexity index is 231. The maximum atomic E-state index is 10.9. The maximum Gasteiger partial charge on any atom is 0.695 e. The second-order valence-electron chi connectivity index (χ2n) is 2.66. The molecule has 0 aromatic carbocycles. The van der Waals surface area contributed by atoms with Crippen LogP contribution in [0.4, 0.5) is 0 Å². The van der Waals surface area contributed by atoms with Gasteiger partial charge in [0, 0.05) is 4.57 Å². The first-order valence-corrected chi connectivity index (χ1v) is 5.00. The van der Waals surface area contributed by atoms with Gasteiger partial charge in [0.25, 0.3) is 0 Å². The standard InChI is InChI=1S/C6H11O8P/c7-1-3(8)5(10)6(11)4(9)2-14-15(12)13/h3,5-8,10-11H,1-2H2/p+1/t3-,5+,6+/m1/s1. The average Bonchev–Trinajstić information content (AvgIpc) is 2.22. The van der Waals surface area contributed by atoms with Crippen molar-refractivity contribution in [2.45, 2.75) is 18.3 Å². The van der Waals surface area contributed by atoms with Gasteiger partial charge in [-0.2, -0.15) is 0 Å². The van der Waals surface area contributed by atoms with E-state index in [1.54, 1.807) is 0 Å². The van der Waals surface area contributed by atoms with Crippen molar-refractivity contribution < 1.29 is 39.2 Å². The van der Waals surface area contributed by atoms with Crippen LogP contribution in [-0.4, -0.2) is 62.6 Å². The third-order valence-corrected chi connectivity index (χ3v) is 1.90. The number of ketones is 1. The molecule has 0 aliphatic heterocycles. The summed E-state index contributed by atoms with van der Waals surface area (Å²) in [6, 6.07) is 0.